The first-order valence-electron chi connectivity index (χ1n) is 11.0. The molecule has 174 valence electrons. The van der Waals surface area contributed by atoms with E-state index >= 15 is 0 Å². The molecule has 0 aliphatic carbocycles. The van der Waals surface area contributed by atoms with Crippen LogP contribution in [0.3, 0.4) is 0 Å². The molecule has 0 bridgehead atoms. The number of rotatable bonds is 9. The number of para-hydroxylation sites is 1. The normalized spacial score (nSPS) is 12.2. The van der Waals surface area contributed by atoms with Crippen molar-refractivity contribution in [2.75, 3.05) is 13.7 Å². The van der Waals surface area contributed by atoms with E-state index in [2.05, 4.69) is 26.1 Å². The lowest BCUT2D eigenvalue weighted by Crippen LogP contribution is -2.50. The summed E-state index contributed by atoms with van der Waals surface area (Å²) in [5.74, 6) is 0.962. The van der Waals surface area contributed by atoms with Crippen LogP contribution in [-0.2, 0) is 21.5 Å². The van der Waals surface area contributed by atoms with E-state index in [1.165, 1.54) is 0 Å². The van der Waals surface area contributed by atoms with Crippen molar-refractivity contribution in [3.63, 3.8) is 0 Å². The third-order valence-corrected chi connectivity index (χ3v) is 5.16. The monoisotopic (exact) mass is 440 g/mol. The van der Waals surface area contributed by atoms with Crippen molar-refractivity contribution >= 4 is 11.8 Å². The van der Waals surface area contributed by atoms with Crippen LogP contribution in [0, 0.1) is 0 Å². The highest BCUT2D eigenvalue weighted by molar-refractivity contribution is 5.88. The molecule has 2 amide bonds. The zero-order valence-electron chi connectivity index (χ0n) is 20.3. The molecule has 6 nitrogen and oxygen atoms in total. The number of nitrogens with zero attached hydrogens (tertiary/aromatic N) is 1. The molecule has 1 unspecified atom stereocenters. The fourth-order valence-electron chi connectivity index (χ4n) is 3.35. The van der Waals surface area contributed by atoms with E-state index in [1.54, 1.807) is 18.9 Å². The Morgan fingerprint density at radius 2 is 1.62 bits per heavy atom. The van der Waals surface area contributed by atoms with Crippen LogP contribution in [0.15, 0.2) is 48.5 Å². The summed E-state index contributed by atoms with van der Waals surface area (Å²) in [4.78, 5) is 27.5. The number of carbonyl (C=O) groups is 2. The maximum Gasteiger partial charge on any atom is 0.261 e. The van der Waals surface area contributed by atoms with Crippen molar-refractivity contribution in [3.05, 3.63) is 59.7 Å². The first kappa shape index (κ1) is 25.2. The van der Waals surface area contributed by atoms with Crippen molar-refractivity contribution in [2.45, 2.75) is 65.6 Å². The SMILES string of the molecule is COc1ccc(CN(C(=O)COc2ccccc2C(C)(C)C)C(C)C(=O)NC(C)C)cc1. The molecule has 0 radical (unpaired) electrons. The molecular weight excluding hydrogens is 404 g/mol. The number of methoxy groups -OCH3 is 1. The third kappa shape index (κ3) is 7.01. The number of benzene rings is 2. The van der Waals surface area contributed by atoms with Crippen molar-refractivity contribution in [3.8, 4) is 11.5 Å². The molecule has 0 heterocycles. The minimum atomic E-state index is -0.645. The molecule has 0 fully saturated rings. The first-order valence-corrected chi connectivity index (χ1v) is 11.0. The third-order valence-electron chi connectivity index (χ3n) is 5.16. The van der Waals surface area contributed by atoms with Crippen LogP contribution in [0.5, 0.6) is 11.5 Å². The molecule has 0 saturated heterocycles. The van der Waals surface area contributed by atoms with E-state index < -0.39 is 6.04 Å². The van der Waals surface area contributed by atoms with Crippen LogP contribution in [0.1, 0.15) is 52.7 Å². The van der Waals surface area contributed by atoms with Gasteiger partial charge in [-0.05, 0) is 55.5 Å². The van der Waals surface area contributed by atoms with Gasteiger partial charge in [-0.25, -0.2) is 0 Å². The molecule has 0 aliphatic rings. The summed E-state index contributed by atoms with van der Waals surface area (Å²) in [6.45, 7) is 12.0. The van der Waals surface area contributed by atoms with E-state index in [0.717, 1.165) is 16.9 Å². The van der Waals surface area contributed by atoms with Gasteiger partial charge in [0.05, 0.1) is 7.11 Å². The van der Waals surface area contributed by atoms with Crippen molar-refractivity contribution in [1.29, 1.82) is 0 Å². The summed E-state index contributed by atoms with van der Waals surface area (Å²) in [5, 5.41) is 2.89. The zero-order chi connectivity index (χ0) is 23.9. The summed E-state index contributed by atoms with van der Waals surface area (Å²) in [7, 11) is 1.61. The Bertz CT molecular complexity index is 901. The fraction of sp³-hybridized carbons (Fsp3) is 0.462. The van der Waals surface area contributed by atoms with E-state index in [1.807, 2.05) is 62.4 Å². The number of ether oxygens (including phenoxy) is 2. The van der Waals surface area contributed by atoms with Gasteiger partial charge in [0.15, 0.2) is 6.61 Å². The second-order valence-electron chi connectivity index (χ2n) is 9.24. The standard InChI is InChI=1S/C26H36N2O4/c1-18(2)27-25(30)19(3)28(16-20-12-14-21(31-7)15-13-20)24(29)17-32-23-11-9-8-10-22(23)26(4,5)6/h8-15,18-19H,16-17H2,1-7H3,(H,27,30). The van der Waals surface area contributed by atoms with Crippen LogP contribution in [0.25, 0.3) is 0 Å². The number of hydrogen-bond donors (Lipinski definition) is 1. The summed E-state index contributed by atoms with van der Waals surface area (Å²) in [6.07, 6.45) is 0. The van der Waals surface area contributed by atoms with Gasteiger partial charge in [-0.2, -0.15) is 0 Å². The highest BCUT2D eigenvalue weighted by Crippen LogP contribution is 2.31. The second-order valence-corrected chi connectivity index (χ2v) is 9.24. The van der Waals surface area contributed by atoms with Crippen molar-refractivity contribution in [2.24, 2.45) is 0 Å². The number of carbonyl (C=O) groups excluding carboxylic acids is 2. The fourth-order valence-corrected chi connectivity index (χ4v) is 3.35. The maximum absolute atomic E-state index is 13.2. The lowest BCUT2D eigenvalue weighted by Gasteiger charge is -2.30. The average Bonchev–Trinajstić information content (AvgIpc) is 2.74. The molecule has 2 aromatic carbocycles. The molecule has 2 rings (SSSR count). The molecule has 1 atom stereocenters. The Labute approximate surface area is 191 Å². The van der Waals surface area contributed by atoms with Gasteiger partial charge in [-0.1, -0.05) is 51.1 Å². The lowest BCUT2D eigenvalue weighted by atomic mass is 9.86. The summed E-state index contributed by atoms with van der Waals surface area (Å²) in [6, 6.07) is 14.5. The number of nitrogens with one attached hydrogen (secondary N) is 1. The van der Waals surface area contributed by atoms with Gasteiger partial charge < -0.3 is 19.7 Å². The minimum absolute atomic E-state index is 0.0159. The van der Waals surface area contributed by atoms with E-state index in [9.17, 15) is 9.59 Å². The second kappa shape index (κ2) is 11.0. The van der Waals surface area contributed by atoms with Crippen molar-refractivity contribution < 1.29 is 19.1 Å². The van der Waals surface area contributed by atoms with Crippen molar-refractivity contribution in [1.82, 2.24) is 10.2 Å². The topological polar surface area (TPSA) is 67.9 Å². The zero-order valence-corrected chi connectivity index (χ0v) is 20.3. The highest BCUT2D eigenvalue weighted by Gasteiger charge is 2.27. The summed E-state index contributed by atoms with van der Waals surface area (Å²) >= 11 is 0. The average molecular weight is 441 g/mol. The highest BCUT2D eigenvalue weighted by atomic mass is 16.5. The predicted molar refractivity (Wildman–Crippen MR) is 127 cm³/mol. The van der Waals surface area contributed by atoms with E-state index in [0.29, 0.717) is 12.3 Å². The van der Waals surface area contributed by atoms with Gasteiger partial charge in [0, 0.05) is 12.6 Å². The van der Waals surface area contributed by atoms with Gasteiger partial charge in [0.1, 0.15) is 17.5 Å². The van der Waals surface area contributed by atoms with Gasteiger partial charge in [-0.15, -0.1) is 0 Å². The molecule has 0 saturated carbocycles. The van der Waals surface area contributed by atoms with E-state index in [4.69, 9.17) is 9.47 Å². The number of hydrogen-bond acceptors (Lipinski definition) is 4. The first-order chi connectivity index (χ1) is 15.0. The smallest absolute Gasteiger partial charge is 0.261 e. The van der Waals surface area contributed by atoms with Crippen LogP contribution < -0.4 is 14.8 Å². The van der Waals surface area contributed by atoms with Crippen LogP contribution in [0.2, 0.25) is 0 Å². The summed E-state index contributed by atoms with van der Waals surface area (Å²) < 4.78 is 11.2. The molecule has 0 aromatic heterocycles. The molecule has 0 spiro atoms. The van der Waals surface area contributed by atoms with Crippen LogP contribution in [-0.4, -0.2) is 42.5 Å². The Morgan fingerprint density at radius 1 is 1.00 bits per heavy atom. The van der Waals surface area contributed by atoms with Gasteiger partial charge in [0.25, 0.3) is 5.91 Å². The van der Waals surface area contributed by atoms with Gasteiger partial charge in [0.2, 0.25) is 5.91 Å². The molecular formula is C26H36N2O4. The quantitative estimate of drug-likeness (QED) is 0.631. The molecule has 6 heteroatoms. The lowest BCUT2D eigenvalue weighted by molar-refractivity contribution is -0.142. The molecule has 0 aliphatic heterocycles. The van der Waals surface area contributed by atoms with Crippen LogP contribution >= 0.6 is 0 Å². The van der Waals surface area contributed by atoms with Gasteiger partial charge in [-0.3, -0.25) is 9.59 Å². The largest absolute Gasteiger partial charge is 0.497 e. The van der Waals surface area contributed by atoms with E-state index in [-0.39, 0.29) is 29.9 Å². The number of amides is 2. The Kier molecular flexibility index (Phi) is 8.70. The Balaban J connectivity index is 2.22. The summed E-state index contributed by atoms with van der Waals surface area (Å²) in [5.41, 5.74) is 1.81. The minimum Gasteiger partial charge on any atom is -0.497 e. The maximum atomic E-state index is 13.2. The Morgan fingerprint density at radius 3 is 2.19 bits per heavy atom. The Hall–Kier alpha value is -3.02. The molecule has 1 N–H and O–H groups in total. The predicted octanol–water partition coefficient (Wildman–Crippen LogP) is 4.31. The molecule has 2 aromatic rings. The van der Waals surface area contributed by atoms with Crippen LogP contribution in [0.4, 0.5) is 0 Å². The van der Waals surface area contributed by atoms with Gasteiger partial charge >= 0.3 is 0 Å². The molecule has 32 heavy (non-hydrogen) atoms.